The molecule has 0 saturated heterocycles. The summed E-state index contributed by atoms with van der Waals surface area (Å²) in [5.41, 5.74) is 5.47. The second kappa shape index (κ2) is 6.56. The predicted molar refractivity (Wildman–Crippen MR) is 75.3 cm³/mol. The lowest BCUT2D eigenvalue weighted by atomic mass is 10.2. The number of carbonyl (C=O) groups excluding carboxylic acids is 2. The minimum absolute atomic E-state index is 0.265. The molecule has 0 fully saturated rings. The Bertz CT molecular complexity index is 481. The summed E-state index contributed by atoms with van der Waals surface area (Å²) in [6.45, 7) is 6.62. The van der Waals surface area contributed by atoms with E-state index in [0.717, 1.165) is 0 Å². The molecule has 1 aromatic heterocycles. The molecule has 0 aliphatic heterocycles. The van der Waals surface area contributed by atoms with Crippen molar-refractivity contribution in [2.75, 3.05) is 12.3 Å². The fourth-order valence-corrected chi connectivity index (χ4v) is 1.89. The first-order valence-corrected chi connectivity index (χ1v) is 6.92. The second-order valence-corrected chi connectivity index (χ2v) is 5.99. The van der Waals surface area contributed by atoms with E-state index in [1.807, 2.05) is 0 Å². The van der Waals surface area contributed by atoms with Gasteiger partial charge >= 0.3 is 12.1 Å². The summed E-state index contributed by atoms with van der Waals surface area (Å²) in [7, 11) is 0. The van der Waals surface area contributed by atoms with Gasteiger partial charge in [-0.1, -0.05) is 0 Å². The van der Waals surface area contributed by atoms with Crippen LogP contribution in [-0.4, -0.2) is 29.2 Å². The van der Waals surface area contributed by atoms with Gasteiger partial charge in [0.2, 0.25) is 0 Å². The Morgan fingerprint density at radius 2 is 2.15 bits per heavy atom. The lowest BCUT2D eigenvalue weighted by Gasteiger charge is -2.19. The van der Waals surface area contributed by atoms with Crippen molar-refractivity contribution in [3.8, 4) is 0 Å². The van der Waals surface area contributed by atoms with Crippen molar-refractivity contribution < 1.29 is 19.1 Å². The number of anilines is 1. The molecule has 1 rings (SSSR count). The van der Waals surface area contributed by atoms with Crippen molar-refractivity contribution in [1.82, 2.24) is 10.3 Å². The van der Waals surface area contributed by atoms with E-state index in [0.29, 0.717) is 10.8 Å². The molecule has 1 heterocycles. The van der Waals surface area contributed by atoms with Crippen molar-refractivity contribution in [3.05, 3.63) is 11.1 Å². The van der Waals surface area contributed by atoms with E-state index in [9.17, 15) is 9.59 Å². The molecule has 1 aromatic rings. The third-order valence-corrected chi connectivity index (χ3v) is 2.73. The van der Waals surface area contributed by atoms with Gasteiger partial charge in [-0.3, -0.25) is 4.79 Å². The minimum atomic E-state index is -0.667. The number of amides is 1. The summed E-state index contributed by atoms with van der Waals surface area (Å²) in [5, 5.41) is 4.45. The van der Waals surface area contributed by atoms with Crippen LogP contribution in [0.15, 0.2) is 5.38 Å². The van der Waals surface area contributed by atoms with E-state index in [1.165, 1.54) is 11.3 Å². The van der Waals surface area contributed by atoms with Crippen LogP contribution < -0.4 is 11.1 Å². The van der Waals surface area contributed by atoms with Crippen LogP contribution in [0.1, 0.15) is 39.5 Å². The quantitative estimate of drug-likeness (QED) is 0.823. The highest BCUT2D eigenvalue weighted by molar-refractivity contribution is 7.13. The van der Waals surface area contributed by atoms with Crippen molar-refractivity contribution >= 4 is 28.5 Å². The van der Waals surface area contributed by atoms with Gasteiger partial charge in [0.05, 0.1) is 5.69 Å². The molecular weight excluding hydrogens is 282 g/mol. The highest BCUT2D eigenvalue weighted by Gasteiger charge is 2.18. The zero-order valence-electron chi connectivity index (χ0n) is 11.9. The van der Waals surface area contributed by atoms with E-state index in [1.54, 1.807) is 33.1 Å². The van der Waals surface area contributed by atoms with Gasteiger partial charge in [-0.25, -0.2) is 9.78 Å². The molecule has 8 heteroatoms. The number of nitrogens with zero attached hydrogens (tertiary/aromatic N) is 1. The standard InChI is InChI=1S/C12H19N3O4S/c1-7(8-6-20-10(13)15-8)18-9(16)5-14-11(17)19-12(2,3)4/h6-7H,5H2,1-4H3,(H2,13,15)(H,14,17). The number of nitrogens with two attached hydrogens (primary N) is 1. The summed E-state index contributed by atoms with van der Waals surface area (Å²) >= 11 is 1.27. The maximum absolute atomic E-state index is 11.6. The molecule has 7 nitrogen and oxygen atoms in total. The first-order chi connectivity index (χ1) is 9.17. The Kier molecular flexibility index (Phi) is 5.32. The number of nitrogen functional groups attached to an aromatic ring is 1. The number of hydrogen-bond donors (Lipinski definition) is 2. The molecule has 1 atom stereocenters. The first kappa shape index (κ1) is 16.2. The number of nitrogens with one attached hydrogen (secondary N) is 1. The van der Waals surface area contributed by atoms with Gasteiger partial charge < -0.3 is 20.5 Å². The largest absolute Gasteiger partial charge is 0.455 e. The van der Waals surface area contributed by atoms with Crippen LogP contribution in [-0.2, 0) is 14.3 Å². The summed E-state index contributed by atoms with van der Waals surface area (Å²) in [6, 6.07) is 0. The van der Waals surface area contributed by atoms with Crippen molar-refractivity contribution in [1.29, 1.82) is 0 Å². The van der Waals surface area contributed by atoms with E-state index < -0.39 is 23.8 Å². The van der Waals surface area contributed by atoms with Crippen LogP contribution in [0.2, 0.25) is 0 Å². The molecule has 112 valence electrons. The maximum Gasteiger partial charge on any atom is 0.408 e. The highest BCUT2D eigenvalue weighted by atomic mass is 32.1. The van der Waals surface area contributed by atoms with Crippen LogP contribution in [0, 0.1) is 0 Å². The Labute approximate surface area is 121 Å². The molecule has 0 bridgehead atoms. The minimum Gasteiger partial charge on any atom is -0.455 e. The van der Waals surface area contributed by atoms with Crippen molar-refractivity contribution in [2.24, 2.45) is 0 Å². The van der Waals surface area contributed by atoms with Gasteiger partial charge in [-0.05, 0) is 27.7 Å². The number of hydrogen-bond acceptors (Lipinski definition) is 7. The van der Waals surface area contributed by atoms with Crippen LogP contribution in [0.5, 0.6) is 0 Å². The van der Waals surface area contributed by atoms with Gasteiger partial charge in [0.25, 0.3) is 0 Å². The summed E-state index contributed by atoms with van der Waals surface area (Å²) in [6.07, 6.45) is -1.18. The molecule has 0 radical (unpaired) electrons. The lowest BCUT2D eigenvalue weighted by Crippen LogP contribution is -2.36. The normalized spacial score (nSPS) is 12.6. The van der Waals surface area contributed by atoms with Gasteiger partial charge in [-0.2, -0.15) is 0 Å². The lowest BCUT2D eigenvalue weighted by molar-refractivity contribution is -0.147. The van der Waals surface area contributed by atoms with E-state index >= 15 is 0 Å². The molecule has 3 N–H and O–H groups in total. The Balaban J connectivity index is 2.35. The van der Waals surface area contributed by atoms with Gasteiger partial charge in [0, 0.05) is 5.38 Å². The molecule has 0 aliphatic rings. The van der Waals surface area contributed by atoms with Crippen LogP contribution in [0.4, 0.5) is 9.93 Å². The zero-order valence-corrected chi connectivity index (χ0v) is 12.7. The van der Waals surface area contributed by atoms with E-state index in [4.69, 9.17) is 15.2 Å². The van der Waals surface area contributed by atoms with Gasteiger partial charge in [-0.15, -0.1) is 11.3 Å². The van der Waals surface area contributed by atoms with Crippen molar-refractivity contribution in [3.63, 3.8) is 0 Å². The number of carbonyl (C=O) groups is 2. The maximum atomic E-state index is 11.6. The summed E-state index contributed by atoms with van der Waals surface area (Å²) < 4.78 is 10.1. The fraction of sp³-hybridized carbons (Fsp3) is 0.583. The number of aromatic nitrogens is 1. The summed E-state index contributed by atoms with van der Waals surface area (Å²) in [5.74, 6) is -0.574. The van der Waals surface area contributed by atoms with Crippen LogP contribution in [0.25, 0.3) is 0 Å². The molecule has 1 amide bonds. The average molecular weight is 301 g/mol. The van der Waals surface area contributed by atoms with E-state index in [-0.39, 0.29) is 6.54 Å². The average Bonchev–Trinajstić information content (AvgIpc) is 2.71. The van der Waals surface area contributed by atoms with Crippen molar-refractivity contribution in [2.45, 2.75) is 39.4 Å². The van der Waals surface area contributed by atoms with E-state index in [2.05, 4.69) is 10.3 Å². The number of alkyl carbamates (subject to hydrolysis) is 1. The molecule has 0 saturated carbocycles. The van der Waals surface area contributed by atoms with Gasteiger partial charge in [0.1, 0.15) is 18.2 Å². The number of thiazole rings is 1. The number of ether oxygens (including phenoxy) is 2. The van der Waals surface area contributed by atoms with Gasteiger partial charge in [0.15, 0.2) is 5.13 Å². The molecule has 20 heavy (non-hydrogen) atoms. The highest BCUT2D eigenvalue weighted by Crippen LogP contribution is 2.20. The summed E-state index contributed by atoms with van der Waals surface area (Å²) in [4.78, 5) is 26.9. The molecule has 0 spiro atoms. The SMILES string of the molecule is CC(OC(=O)CNC(=O)OC(C)(C)C)c1csc(N)n1. The monoisotopic (exact) mass is 301 g/mol. The van der Waals surface area contributed by atoms with Crippen LogP contribution >= 0.6 is 11.3 Å². The smallest absolute Gasteiger partial charge is 0.408 e. The first-order valence-electron chi connectivity index (χ1n) is 6.04. The number of rotatable bonds is 4. The van der Waals surface area contributed by atoms with Crippen LogP contribution in [0.3, 0.4) is 0 Å². The predicted octanol–water partition coefficient (Wildman–Crippen LogP) is 1.85. The topological polar surface area (TPSA) is 104 Å². The number of esters is 1. The molecule has 0 aliphatic carbocycles. The Hall–Kier alpha value is -1.83. The molecule has 0 aromatic carbocycles. The molecule has 1 unspecified atom stereocenters. The third-order valence-electron chi connectivity index (χ3n) is 2.04. The second-order valence-electron chi connectivity index (χ2n) is 5.10. The Morgan fingerprint density at radius 3 is 2.65 bits per heavy atom. The Morgan fingerprint density at radius 1 is 1.50 bits per heavy atom. The fourth-order valence-electron chi connectivity index (χ4n) is 1.25. The zero-order chi connectivity index (χ0) is 15.3. The molecular formula is C12H19N3O4S. The third kappa shape index (κ3) is 5.87.